The first-order valence-electron chi connectivity index (χ1n) is 11.5. The van der Waals surface area contributed by atoms with Crippen LogP contribution in [0.15, 0.2) is 42.5 Å². The lowest BCUT2D eigenvalue weighted by Gasteiger charge is -2.41. The van der Waals surface area contributed by atoms with Crippen LogP contribution in [0.4, 0.5) is 30.7 Å². The van der Waals surface area contributed by atoms with E-state index in [4.69, 9.17) is 9.47 Å². The van der Waals surface area contributed by atoms with E-state index < -0.39 is 29.8 Å². The number of alkyl halides is 6. The van der Waals surface area contributed by atoms with E-state index in [1.165, 1.54) is 12.1 Å². The standard InChI is InChI=1S/C25H26F7NO2/c26-19-5-3-16(4-6-19)22-20(21-2-1-9-33-21)8-11-35-23(22)34-10-7-15-12-17(24(27,28)29)14-18(13-15)25(30,31)32/h3-6,12-14,20-23,33H,1-2,7-11H2. The van der Waals surface area contributed by atoms with Crippen molar-refractivity contribution in [2.24, 2.45) is 5.92 Å². The average Bonchev–Trinajstić information content (AvgIpc) is 3.33. The molecule has 2 aromatic carbocycles. The second-order valence-electron chi connectivity index (χ2n) is 9.01. The topological polar surface area (TPSA) is 30.5 Å². The van der Waals surface area contributed by atoms with Gasteiger partial charge >= 0.3 is 12.4 Å². The lowest BCUT2D eigenvalue weighted by Crippen LogP contribution is -2.44. The summed E-state index contributed by atoms with van der Waals surface area (Å²) in [5, 5.41) is 3.48. The van der Waals surface area contributed by atoms with E-state index in [9.17, 15) is 30.7 Å². The number of hydrogen-bond donors (Lipinski definition) is 1. The Kier molecular flexibility index (Phi) is 7.73. The van der Waals surface area contributed by atoms with Gasteiger partial charge in [-0.15, -0.1) is 0 Å². The number of ether oxygens (including phenoxy) is 2. The maximum absolute atomic E-state index is 13.5. The van der Waals surface area contributed by atoms with Gasteiger partial charge in [-0.3, -0.25) is 0 Å². The zero-order valence-electron chi connectivity index (χ0n) is 18.8. The molecule has 4 rings (SSSR count). The number of hydrogen-bond acceptors (Lipinski definition) is 3. The van der Waals surface area contributed by atoms with E-state index >= 15 is 0 Å². The third-order valence-corrected chi connectivity index (χ3v) is 6.68. The molecule has 0 saturated carbocycles. The summed E-state index contributed by atoms with van der Waals surface area (Å²) in [5.41, 5.74) is -2.02. The smallest absolute Gasteiger partial charge is 0.352 e. The van der Waals surface area contributed by atoms with Crippen molar-refractivity contribution in [2.45, 2.75) is 56.3 Å². The number of benzene rings is 2. The Balaban J connectivity index is 1.52. The minimum atomic E-state index is -4.90. The predicted molar refractivity (Wildman–Crippen MR) is 114 cm³/mol. The minimum absolute atomic E-state index is 0.109. The van der Waals surface area contributed by atoms with E-state index in [0.29, 0.717) is 18.7 Å². The molecular weight excluding hydrogens is 479 g/mol. The molecule has 35 heavy (non-hydrogen) atoms. The van der Waals surface area contributed by atoms with Crippen molar-refractivity contribution in [3.63, 3.8) is 0 Å². The first-order chi connectivity index (χ1) is 16.5. The molecule has 0 amide bonds. The molecule has 10 heteroatoms. The molecule has 2 aliphatic heterocycles. The Bertz CT molecular complexity index is 953. The summed E-state index contributed by atoms with van der Waals surface area (Å²) in [4.78, 5) is 0. The van der Waals surface area contributed by atoms with E-state index in [-0.39, 0.29) is 48.4 Å². The van der Waals surface area contributed by atoms with Crippen LogP contribution >= 0.6 is 0 Å². The zero-order chi connectivity index (χ0) is 25.2. The number of rotatable bonds is 6. The van der Waals surface area contributed by atoms with Crippen molar-refractivity contribution in [2.75, 3.05) is 19.8 Å². The molecule has 0 aromatic heterocycles. The molecule has 0 spiro atoms. The van der Waals surface area contributed by atoms with Crippen LogP contribution in [0.25, 0.3) is 0 Å². The van der Waals surface area contributed by atoms with Gasteiger partial charge in [0.25, 0.3) is 0 Å². The summed E-state index contributed by atoms with van der Waals surface area (Å²) in [6.07, 6.45) is -7.97. The average molecular weight is 505 g/mol. The molecule has 3 nitrogen and oxygen atoms in total. The predicted octanol–water partition coefficient (Wildman–Crippen LogP) is 6.32. The fourth-order valence-electron chi connectivity index (χ4n) is 5.03. The second kappa shape index (κ2) is 10.4. The fourth-order valence-corrected chi connectivity index (χ4v) is 5.03. The van der Waals surface area contributed by atoms with Crippen LogP contribution in [0.2, 0.25) is 0 Å². The van der Waals surface area contributed by atoms with Gasteiger partial charge < -0.3 is 14.8 Å². The Hall–Kier alpha value is -2.17. The van der Waals surface area contributed by atoms with Crippen LogP contribution in [0.3, 0.4) is 0 Å². The van der Waals surface area contributed by atoms with Crippen LogP contribution in [0, 0.1) is 11.7 Å². The van der Waals surface area contributed by atoms with Crippen molar-refractivity contribution in [1.82, 2.24) is 5.32 Å². The second-order valence-corrected chi connectivity index (χ2v) is 9.01. The molecule has 2 fully saturated rings. The Labute approximate surface area is 198 Å². The third kappa shape index (κ3) is 6.34. The van der Waals surface area contributed by atoms with Crippen molar-refractivity contribution < 1.29 is 40.2 Å². The van der Waals surface area contributed by atoms with E-state index in [1.807, 2.05) is 0 Å². The van der Waals surface area contributed by atoms with Crippen molar-refractivity contribution >= 4 is 0 Å². The van der Waals surface area contributed by atoms with E-state index in [2.05, 4.69) is 5.32 Å². The highest BCUT2D eigenvalue weighted by Crippen LogP contribution is 2.41. The highest BCUT2D eigenvalue weighted by molar-refractivity contribution is 5.33. The lowest BCUT2D eigenvalue weighted by atomic mass is 9.77. The summed E-state index contributed by atoms with van der Waals surface area (Å²) in [5.74, 6) is -0.511. The minimum Gasteiger partial charge on any atom is -0.352 e. The molecule has 2 heterocycles. The monoisotopic (exact) mass is 505 g/mol. The third-order valence-electron chi connectivity index (χ3n) is 6.68. The van der Waals surface area contributed by atoms with Gasteiger partial charge in [-0.2, -0.15) is 26.3 Å². The quantitative estimate of drug-likeness (QED) is 0.466. The molecule has 0 aliphatic carbocycles. The molecule has 0 radical (unpaired) electrons. The largest absolute Gasteiger partial charge is 0.416 e. The van der Waals surface area contributed by atoms with Gasteiger partial charge in [0.15, 0.2) is 6.29 Å². The maximum Gasteiger partial charge on any atom is 0.416 e. The van der Waals surface area contributed by atoms with Gasteiger partial charge in [0, 0.05) is 12.0 Å². The molecule has 4 atom stereocenters. The molecule has 4 unspecified atom stereocenters. The Morgan fingerprint density at radius 1 is 0.914 bits per heavy atom. The van der Waals surface area contributed by atoms with Gasteiger partial charge in [-0.25, -0.2) is 4.39 Å². The van der Waals surface area contributed by atoms with E-state index in [1.54, 1.807) is 12.1 Å². The molecule has 2 aliphatic rings. The lowest BCUT2D eigenvalue weighted by molar-refractivity contribution is -0.190. The molecule has 2 saturated heterocycles. The van der Waals surface area contributed by atoms with Gasteiger partial charge in [0.1, 0.15) is 5.82 Å². The van der Waals surface area contributed by atoms with Crippen molar-refractivity contribution in [1.29, 1.82) is 0 Å². The first-order valence-corrected chi connectivity index (χ1v) is 11.5. The van der Waals surface area contributed by atoms with Crippen LogP contribution in [0.1, 0.15) is 47.4 Å². The molecule has 2 aromatic rings. The molecule has 192 valence electrons. The van der Waals surface area contributed by atoms with Crippen LogP contribution in [0.5, 0.6) is 0 Å². The summed E-state index contributed by atoms with van der Waals surface area (Å²) in [6, 6.07) is 7.77. The normalized spacial score (nSPS) is 25.7. The highest BCUT2D eigenvalue weighted by Gasteiger charge is 2.41. The van der Waals surface area contributed by atoms with Gasteiger partial charge in [0.05, 0.1) is 24.3 Å². The molecule has 1 N–H and O–H groups in total. The fraction of sp³-hybridized carbons (Fsp3) is 0.520. The highest BCUT2D eigenvalue weighted by atomic mass is 19.4. The van der Waals surface area contributed by atoms with Crippen molar-refractivity contribution in [3.8, 4) is 0 Å². The molecule has 0 bridgehead atoms. The van der Waals surface area contributed by atoms with Crippen LogP contribution < -0.4 is 5.32 Å². The van der Waals surface area contributed by atoms with Crippen LogP contribution in [-0.2, 0) is 28.2 Å². The summed E-state index contributed by atoms with van der Waals surface area (Å²) >= 11 is 0. The number of nitrogens with one attached hydrogen (secondary N) is 1. The van der Waals surface area contributed by atoms with Crippen molar-refractivity contribution in [3.05, 3.63) is 70.5 Å². The van der Waals surface area contributed by atoms with Gasteiger partial charge in [0.2, 0.25) is 0 Å². The first kappa shape index (κ1) is 25.9. The van der Waals surface area contributed by atoms with Gasteiger partial charge in [-0.1, -0.05) is 12.1 Å². The molecular formula is C25H26F7NO2. The number of halogens is 7. The zero-order valence-corrected chi connectivity index (χ0v) is 18.8. The summed E-state index contributed by atoms with van der Waals surface area (Å²) in [7, 11) is 0. The Morgan fingerprint density at radius 2 is 1.57 bits per heavy atom. The SMILES string of the molecule is Fc1ccc(C2C(OCCc3cc(C(F)(F)F)cc(C(F)(F)F)c3)OCCC2C2CCCN2)cc1. The summed E-state index contributed by atoms with van der Waals surface area (Å²) < 4.78 is 104. The van der Waals surface area contributed by atoms with E-state index in [0.717, 1.165) is 31.4 Å². The Morgan fingerprint density at radius 3 is 2.14 bits per heavy atom. The maximum atomic E-state index is 13.5. The van der Waals surface area contributed by atoms with Gasteiger partial charge in [-0.05, 0) is 79.6 Å². The van der Waals surface area contributed by atoms with Crippen LogP contribution in [-0.4, -0.2) is 32.1 Å². The summed E-state index contributed by atoms with van der Waals surface area (Å²) in [6.45, 7) is 1.17.